The quantitative estimate of drug-likeness (QED) is 0.707. The Kier molecular flexibility index (Phi) is 6.32. The van der Waals surface area contributed by atoms with Crippen LogP contribution in [0.1, 0.15) is 18.9 Å². The van der Waals surface area contributed by atoms with Crippen LogP contribution < -0.4 is 9.64 Å². The molecule has 0 bridgehead atoms. The molecule has 1 aliphatic heterocycles. The average Bonchev–Trinajstić information content (AvgIpc) is 2.95. The summed E-state index contributed by atoms with van der Waals surface area (Å²) in [5, 5.41) is 9.17. The van der Waals surface area contributed by atoms with E-state index in [1.807, 2.05) is 37.3 Å². The van der Waals surface area contributed by atoms with E-state index in [2.05, 4.69) is 0 Å². The molecule has 2 aromatic carbocycles. The lowest BCUT2D eigenvalue weighted by atomic mass is 10.1. The van der Waals surface area contributed by atoms with E-state index in [1.54, 1.807) is 24.3 Å². The molecule has 2 amide bonds. The van der Waals surface area contributed by atoms with E-state index < -0.39 is 0 Å². The van der Waals surface area contributed by atoms with E-state index in [1.165, 1.54) is 16.7 Å². The van der Waals surface area contributed by atoms with Gasteiger partial charge in [-0.05, 0) is 24.1 Å². The molecule has 1 aliphatic rings. The molecule has 0 fully saturated rings. The number of hydrogen-bond donors (Lipinski definition) is 1. The molecule has 6 heteroatoms. The first-order chi connectivity index (χ1) is 13.2. The summed E-state index contributed by atoms with van der Waals surface area (Å²) in [4.78, 5) is 27.7. The lowest BCUT2D eigenvalue weighted by Gasteiger charge is -2.16. The molecule has 3 rings (SSSR count). The number of amides is 2. The maximum absolute atomic E-state index is 13.1. The molecule has 2 aromatic rings. The number of aliphatic hydroxyl groups is 1. The van der Waals surface area contributed by atoms with Gasteiger partial charge in [-0.25, -0.2) is 4.90 Å². The van der Waals surface area contributed by atoms with Gasteiger partial charge >= 0.3 is 0 Å². The second-order valence-electron chi connectivity index (χ2n) is 5.93. The van der Waals surface area contributed by atoms with Crippen LogP contribution in [0.15, 0.2) is 59.5 Å². The normalized spacial score (nSPS) is 14.2. The molecule has 140 valence electrons. The van der Waals surface area contributed by atoms with Crippen LogP contribution in [0, 0.1) is 0 Å². The number of anilines is 1. The Bertz CT molecular complexity index is 863. The third-order valence-electron chi connectivity index (χ3n) is 3.99. The Morgan fingerprint density at radius 1 is 1.04 bits per heavy atom. The van der Waals surface area contributed by atoms with E-state index in [0.717, 1.165) is 6.42 Å². The molecular weight excluding hydrogens is 362 g/mol. The largest absolute Gasteiger partial charge is 0.494 e. The number of hydrogen-bond acceptors (Lipinski definition) is 5. The van der Waals surface area contributed by atoms with Gasteiger partial charge in [-0.1, -0.05) is 43.3 Å². The van der Waals surface area contributed by atoms with Crippen LogP contribution in [0.3, 0.4) is 0 Å². The highest BCUT2D eigenvalue weighted by atomic mass is 32.2. The van der Waals surface area contributed by atoms with Crippen molar-refractivity contribution in [2.24, 2.45) is 0 Å². The number of carbonyl (C=O) groups is 2. The highest BCUT2D eigenvalue weighted by Gasteiger charge is 2.40. The van der Waals surface area contributed by atoms with Crippen molar-refractivity contribution in [3.8, 4) is 5.75 Å². The number of nitrogens with zero attached hydrogens (tertiary/aromatic N) is 1. The van der Waals surface area contributed by atoms with Gasteiger partial charge < -0.3 is 9.84 Å². The molecule has 0 atom stereocenters. The molecule has 5 nitrogen and oxygen atoms in total. The SMILES string of the molecule is CCCOc1cccc(N2C(=O)C(SCCO)=C(c3ccccc3)C2=O)c1. The Labute approximate surface area is 162 Å². The number of thioether (sulfide) groups is 1. The number of imide groups is 1. The van der Waals surface area contributed by atoms with Crippen molar-refractivity contribution in [2.75, 3.05) is 23.9 Å². The molecule has 0 saturated carbocycles. The highest BCUT2D eigenvalue weighted by molar-refractivity contribution is 8.04. The maximum Gasteiger partial charge on any atom is 0.272 e. The Hall–Kier alpha value is -2.57. The molecule has 1 N–H and O–H groups in total. The van der Waals surface area contributed by atoms with Crippen molar-refractivity contribution >= 4 is 34.8 Å². The molecule has 0 spiro atoms. The molecule has 0 radical (unpaired) electrons. The van der Waals surface area contributed by atoms with Gasteiger partial charge in [-0.3, -0.25) is 9.59 Å². The molecule has 0 aliphatic carbocycles. The lowest BCUT2D eigenvalue weighted by molar-refractivity contribution is -0.119. The van der Waals surface area contributed by atoms with Gasteiger partial charge in [-0.15, -0.1) is 11.8 Å². The monoisotopic (exact) mass is 383 g/mol. The molecule has 0 unspecified atom stereocenters. The van der Waals surface area contributed by atoms with Gasteiger partial charge in [0.15, 0.2) is 0 Å². The third kappa shape index (κ3) is 4.07. The zero-order valence-corrected chi connectivity index (χ0v) is 15.9. The first-order valence-corrected chi connectivity index (χ1v) is 9.81. The summed E-state index contributed by atoms with van der Waals surface area (Å²) in [5.74, 6) is 0.231. The summed E-state index contributed by atoms with van der Waals surface area (Å²) in [6.07, 6.45) is 0.869. The van der Waals surface area contributed by atoms with Gasteiger partial charge in [0.1, 0.15) is 5.75 Å². The van der Waals surface area contributed by atoms with E-state index in [9.17, 15) is 9.59 Å². The van der Waals surface area contributed by atoms with E-state index in [-0.39, 0.29) is 18.4 Å². The lowest BCUT2D eigenvalue weighted by Crippen LogP contribution is -2.31. The summed E-state index contributed by atoms with van der Waals surface area (Å²) in [5.41, 5.74) is 1.54. The Balaban J connectivity index is 1.98. The fourth-order valence-corrected chi connectivity index (χ4v) is 3.68. The van der Waals surface area contributed by atoms with Crippen LogP contribution in [0.25, 0.3) is 5.57 Å². The number of ether oxygens (including phenoxy) is 1. The van der Waals surface area contributed by atoms with Gasteiger partial charge in [-0.2, -0.15) is 0 Å². The summed E-state index contributed by atoms with van der Waals surface area (Å²) < 4.78 is 5.63. The second-order valence-corrected chi connectivity index (χ2v) is 7.04. The van der Waals surface area contributed by atoms with E-state index in [0.29, 0.717) is 39.8 Å². The van der Waals surface area contributed by atoms with Crippen LogP contribution in [0.2, 0.25) is 0 Å². The van der Waals surface area contributed by atoms with Crippen molar-refractivity contribution in [2.45, 2.75) is 13.3 Å². The summed E-state index contributed by atoms with van der Waals surface area (Å²) in [6.45, 7) is 2.51. The van der Waals surface area contributed by atoms with Crippen molar-refractivity contribution in [3.63, 3.8) is 0 Å². The maximum atomic E-state index is 13.1. The molecule has 27 heavy (non-hydrogen) atoms. The van der Waals surface area contributed by atoms with Gasteiger partial charge in [0.2, 0.25) is 0 Å². The summed E-state index contributed by atoms with van der Waals surface area (Å²) in [6, 6.07) is 16.1. The number of benzene rings is 2. The van der Waals surface area contributed by atoms with Crippen molar-refractivity contribution < 1.29 is 19.4 Å². The van der Waals surface area contributed by atoms with Crippen molar-refractivity contribution in [3.05, 3.63) is 65.1 Å². The first kappa shape index (κ1) is 19.2. The minimum atomic E-state index is -0.370. The van der Waals surface area contributed by atoms with Gasteiger partial charge in [0.05, 0.1) is 29.4 Å². The zero-order chi connectivity index (χ0) is 19.2. The standard InChI is InChI=1S/C21H21NO4S/c1-2-12-26-17-10-6-9-16(14-17)22-20(24)18(15-7-4-3-5-8-15)19(21(22)25)27-13-11-23/h3-10,14,23H,2,11-13H2,1H3. The van der Waals surface area contributed by atoms with Crippen molar-refractivity contribution in [1.82, 2.24) is 0 Å². The van der Waals surface area contributed by atoms with Crippen LogP contribution in [-0.4, -0.2) is 35.9 Å². The van der Waals surface area contributed by atoms with Gasteiger partial charge in [0, 0.05) is 11.8 Å². The Morgan fingerprint density at radius 3 is 2.52 bits per heavy atom. The number of carbonyl (C=O) groups excluding carboxylic acids is 2. The molecule has 0 aromatic heterocycles. The minimum absolute atomic E-state index is 0.0714. The fourth-order valence-electron chi connectivity index (χ4n) is 2.82. The van der Waals surface area contributed by atoms with Gasteiger partial charge in [0.25, 0.3) is 11.8 Å². The molecule has 1 heterocycles. The second kappa shape index (κ2) is 8.88. The minimum Gasteiger partial charge on any atom is -0.494 e. The average molecular weight is 383 g/mol. The van der Waals surface area contributed by atoms with E-state index in [4.69, 9.17) is 9.84 Å². The Morgan fingerprint density at radius 2 is 1.81 bits per heavy atom. The first-order valence-electron chi connectivity index (χ1n) is 8.82. The molecule has 0 saturated heterocycles. The molecular formula is C21H21NO4S. The van der Waals surface area contributed by atoms with Crippen LogP contribution in [-0.2, 0) is 9.59 Å². The van der Waals surface area contributed by atoms with Crippen LogP contribution >= 0.6 is 11.8 Å². The smallest absolute Gasteiger partial charge is 0.272 e. The predicted octanol–water partition coefficient (Wildman–Crippen LogP) is 3.49. The third-order valence-corrected chi connectivity index (χ3v) is 5.04. The van der Waals surface area contributed by atoms with Crippen LogP contribution in [0.5, 0.6) is 5.75 Å². The van der Waals surface area contributed by atoms with E-state index >= 15 is 0 Å². The number of rotatable bonds is 8. The van der Waals surface area contributed by atoms with Crippen molar-refractivity contribution in [1.29, 1.82) is 0 Å². The number of aliphatic hydroxyl groups excluding tert-OH is 1. The van der Waals surface area contributed by atoms with Crippen LogP contribution in [0.4, 0.5) is 5.69 Å². The predicted molar refractivity (Wildman–Crippen MR) is 108 cm³/mol. The topological polar surface area (TPSA) is 66.8 Å². The summed E-state index contributed by atoms with van der Waals surface area (Å²) >= 11 is 1.20. The summed E-state index contributed by atoms with van der Waals surface area (Å²) in [7, 11) is 0. The fraction of sp³-hybridized carbons (Fsp3) is 0.238. The highest BCUT2D eigenvalue weighted by Crippen LogP contribution is 2.38. The zero-order valence-electron chi connectivity index (χ0n) is 15.1.